The number of aliphatic hydroxyl groups is 3. The number of piperazine rings is 1. The summed E-state index contributed by atoms with van der Waals surface area (Å²) in [5.41, 5.74) is 9.52. The van der Waals surface area contributed by atoms with Gasteiger partial charge in [0.25, 0.3) is 0 Å². The van der Waals surface area contributed by atoms with E-state index in [1.807, 2.05) is 30.0 Å². The highest BCUT2D eigenvalue weighted by Gasteiger charge is 2.44. The number of aliphatic hydroxyl groups excluding tert-OH is 3. The maximum absolute atomic E-state index is 12.7. The lowest BCUT2D eigenvalue weighted by Crippen LogP contribution is -2.57. The molecule has 0 aromatic heterocycles. The number of carbonyl (C=O) groups excluding carboxylic acids is 3. The third-order valence-corrected chi connectivity index (χ3v) is 10.5. The van der Waals surface area contributed by atoms with Gasteiger partial charge in [-0.25, -0.2) is 0 Å². The zero-order valence-electron chi connectivity index (χ0n) is 31.8. The fourth-order valence-corrected chi connectivity index (χ4v) is 7.04. The van der Waals surface area contributed by atoms with Crippen LogP contribution in [0, 0.1) is 18.8 Å². The Balaban J connectivity index is 1.16. The largest absolute Gasteiger partial charge is 0.449 e. The number of aryl methyl sites for hydroxylation is 2. The minimum Gasteiger partial charge on any atom is -0.449 e. The second-order valence-corrected chi connectivity index (χ2v) is 15.6. The normalized spacial score (nSPS) is 22.8. The molecule has 2 aliphatic rings. The highest BCUT2D eigenvalue weighted by molar-refractivity contribution is 7.99. The highest BCUT2D eigenvalue weighted by atomic mass is 32.2. The molecule has 2 amide bonds. The number of nitrogens with zero attached hydrogens (tertiary/aromatic N) is 3. The van der Waals surface area contributed by atoms with Crippen molar-refractivity contribution < 1.29 is 39.2 Å². The summed E-state index contributed by atoms with van der Waals surface area (Å²) in [5, 5.41) is 31.2. The number of amides is 2. The summed E-state index contributed by atoms with van der Waals surface area (Å²) in [6.07, 6.45) is -0.979. The van der Waals surface area contributed by atoms with Gasteiger partial charge in [-0.05, 0) is 81.0 Å². The van der Waals surface area contributed by atoms with Gasteiger partial charge >= 0.3 is 5.97 Å². The summed E-state index contributed by atoms with van der Waals surface area (Å²) in [6, 6.07) is 14.1. The summed E-state index contributed by atoms with van der Waals surface area (Å²) in [5.74, 6) is 5.36. The minimum atomic E-state index is -1.30. The van der Waals surface area contributed by atoms with E-state index in [1.54, 1.807) is 43.9 Å². The number of hydrogen-bond donors (Lipinski definition) is 4. The number of thioether (sulfide) groups is 1. The Morgan fingerprint density at radius 3 is 2.34 bits per heavy atom. The van der Waals surface area contributed by atoms with E-state index in [0.29, 0.717) is 39.0 Å². The van der Waals surface area contributed by atoms with E-state index >= 15 is 0 Å². The Kier molecular flexibility index (Phi) is 15.3. The number of benzene rings is 2. The molecule has 12 nitrogen and oxygen atoms in total. The van der Waals surface area contributed by atoms with E-state index in [-0.39, 0.29) is 37.3 Å². The Hall–Kier alpha value is -3.48. The van der Waals surface area contributed by atoms with Crippen molar-refractivity contribution in [3.8, 4) is 11.8 Å². The summed E-state index contributed by atoms with van der Waals surface area (Å²) in [7, 11) is 1.69. The molecule has 0 aliphatic carbocycles. The second-order valence-electron chi connectivity index (χ2n) is 14.7. The van der Waals surface area contributed by atoms with Gasteiger partial charge in [-0.1, -0.05) is 54.3 Å². The number of likely N-dealkylation sites (N-methyl/N-ethyl adjacent to an activating group) is 1. The molecule has 5 N–H and O–H groups in total. The summed E-state index contributed by atoms with van der Waals surface area (Å²) in [6.45, 7) is 9.87. The first-order valence-corrected chi connectivity index (χ1v) is 19.5. The first-order chi connectivity index (χ1) is 25.1. The van der Waals surface area contributed by atoms with Crippen LogP contribution in [0.3, 0.4) is 0 Å². The predicted molar refractivity (Wildman–Crippen MR) is 205 cm³/mol. The number of rotatable bonds is 13. The maximum atomic E-state index is 12.7. The fourth-order valence-electron chi connectivity index (χ4n) is 6.37. The van der Waals surface area contributed by atoms with Gasteiger partial charge in [-0.15, -0.1) is 11.8 Å². The molecule has 2 aromatic rings. The molecular weight excluding hydrogens is 697 g/mol. The molecule has 0 spiro atoms. The molecule has 2 saturated heterocycles. The van der Waals surface area contributed by atoms with Gasteiger partial charge in [0, 0.05) is 39.6 Å². The lowest BCUT2D eigenvalue weighted by atomic mass is 9.91. The van der Waals surface area contributed by atoms with Crippen molar-refractivity contribution in [1.29, 1.82) is 0 Å². The molecule has 0 bridgehead atoms. The van der Waals surface area contributed by atoms with Gasteiger partial charge in [0.1, 0.15) is 29.9 Å². The molecule has 2 aliphatic heterocycles. The van der Waals surface area contributed by atoms with Crippen molar-refractivity contribution in [2.24, 2.45) is 5.73 Å². The topological polar surface area (TPSA) is 166 Å². The van der Waals surface area contributed by atoms with E-state index < -0.39 is 41.5 Å². The van der Waals surface area contributed by atoms with Crippen LogP contribution < -0.4 is 5.73 Å². The van der Waals surface area contributed by atoms with Gasteiger partial charge in [0.2, 0.25) is 11.8 Å². The van der Waals surface area contributed by atoms with Crippen LogP contribution in [0.5, 0.6) is 0 Å². The zero-order valence-corrected chi connectivity index (χ0v) is 32.6. The van der Waals surface area contributed by atoms with Crippen LogP contribution in [-0.4, -0.2) is 136 Å². The van der Waals surface area contributed by atoms with Crippen LogP contribution in [0.15, 0.2) is 42.5 Å². The molecule has 6 atom stereocenters. The number of carbonyl (C=O) groups is 3. The van der Waals surface area contributed by atoms with Crippen LogP contribution in [0.4, 0.5) is 0 Å². The first-order valence-electron chi connectivity index (χ1n) is 18.2. The van der Waals surface area contributed by atoms with Gasteiger partial charge in [0.15, 0.2) is 6.10 Å². The van der Waals surface area contributed by atoms with Crippen LogP contribution in [0.25, 0.3) is 0 Å². The van der Waals surface area contributed by atoms with E-state index in [9.17, 15) is 29.7 Å². The van der Waals surface area contributed by atoms with E-state index in [2.05, 4.69) is 36.1 Å². The molecule has 2 fully saturated rings. The Morgan fingerprint density at radius 1 is 1.04 bits per heavy atom. The molecule has 0 saturated carbocycles. The smallest absolute Gasteiger partial charge is 0.307 e. The minimum absolute atomic E-state index is 0.0705. The summed E-state index contributed by atoms with van der Waals surface area (Å²) in [4.78, 5) is 42.9. The van der Waals surface area contributed by atoms with Crippen molar-refractivity contribution >= 4 is 29.5 Å². The Morgan fingerprint density at radius 2 is 1.70 bits per heavy atom. The molecule has 2 aromatic carbocycles. The molecule has 4 rings (SSSR count). The van der Waals surface area contributed by atoms with Crippen LogP contribution >= 0.6 is 11.8 Å². The molecule has 53 heavy (non-hydrogen) atoms. The first kappa shape index (κ1) is 42.3. The summed E-state index contributed by atoms with van der Waals surface area (Å²) >= 11 is 1.29. The number of ether oxygens (including phenoxy) is 2. The van der Waals surface area contributed by atoms with E-state index in [1.165, 1.54) is 11.8 Å². The number of hydrogen-bond acceptors (Lipinski definition) is 11. The number of esters is 1. The SMILES string of the molecule is CS[C@H]1O[C@@H](c2ccc(C)c(Cc3ccc(CCCC(=O)OC(C)C#CCN(C)C(=O)CN4CCN(C(=O)C(C)(C)N)CC4)cc3)c2)[C@H](O)[C@@H](O)[C@@H]1O. The average molecular weight is 753 g/mol. The predicted octanol–water partition coefficient (Wildman–Crippen LogP) is 2.03. The van der Waals surface area contributed by atoms with Crippen molar-refractivity contribution in [2.75, 3.05) is 52.6 Å². The highest BCUT2D eigenvalue weighted by Crippen LogP contribution is 2.36. The van der Waals surface area contributed by atoms with Crippen molar-refractivity contribution in [3.63, 3.8) is 0 Å². The molecule has 2 heterocycles. The maximum Gasteiger partial charge on any atom is 0.307 e. The molecule has 290 valence electrons. The van der Waals surface area contributed by atoms with Crippen LogP contribution in [0.1, 0.15) is 67.5 Å². The standard InChI is InChI=1S/C40H56N4O8S/c1-26-12-17-30(37-35(48)34(47)36(49)38(52-37)53-6)24-31(26)23-29-15-13-28(14-16-29)10-7-11-33(46)51-27(2)9-8-18-42(5)32(45)25-43-19-21-44(22-20-43)39(50)40(3,4)41/h12-17,24,27,34-38,47-49H,7,10-11,18-23,25,41H2,1-6H3/t27?,34-,35-,36+,37+,38-/m1/s1. The quantitative estimate of drug-likeness (QED) is 0.175. The molecule has 0 radical (unpaired) electrons. The van der Waals surface area contributed by atoms with Crippen LogP contribution in [-0.2, 0) is 36.7 Å². The summed E-state index contributed by atoms with van der Waals surface area (Å²) < 4.78 is 11.4. The fraction of sp³-hybridized carbons (Fsp3) is 0.575. The van der Waals surface area contributed by atoms with Crippen LogP contribution in [0.2, 0.25) is 0 Å². The zero-order chi connectivity index (χ0) is 38.9. The van der Waals surface area contributed by atoms with Gasteiger partial charge in [-0.3, -0.25) is 19.3 Å². The molecule has 1 unspecified atom stereocenters. The Bertz CT molecular complexity index is 1610. The number of nitrogens with two attached hydrogens (primary N) is 1. The third kappa shape index (κ3) is 12.0. The average Bonchev–Trinajstić information content (AvgIpc) is 3.12. The lowest BCUT2D eigenvalue weighted by molar-refractivity contribution is -0.200. The molecular formula is C40H56N4O8S. The Labute approximate surface area is 318 Å². The molecule has 13 heteroatoms. The van der Waals surface area contributed by atoms with Crippen molar-refractivity contribution in [3.05, 3.63) is 70.3 Å². The van der Waals surface area contributed by atoms with Crippen molar-refractivity contribution in [2.45, 2.75) is 94.9 Å². The van der Waals surface area contributed by atoms with Gasteiger partial charge < -0.3 is 40.3 Å². The second kappa shape index (κ2) is 19.2. The third-order valence-electron chi connectivity index (χ3n) is 9.69. The van der Waals surface area contributed by atoms with Gasteiger partial charge in [-0.2, -0.15) is 0 Å². The monoisotopic (exact) mass is 752 g/mol. The lowest BCUT2D eigenvalue weighted by Gasteiger charge is -2.40. The van der Waals surface area contributed by atoms with Crippen molar-refractivity contribution in [1.82, 2.24) is 14.7 Å². The van der Waals surface area contributed by atoms with Gasteiger partial charge in [0.05, 0.1) is 18.6 Å². The van der Waals surface area contributed by atoms with E-state index in [4.69, 9.17) is 15.2 Å². The van der Waals surface area contributed by atoms with E-state index in [0.717, 1.165) is 34.2 Å².